The van der Waals surface area contributed by atoms with Crippen molar-refractivity contribution in [3.63, 3.8) is 0 Å². The zero-order chi connectivity index (χ0) is 22.2. The van der Waals surface area contributed by atoms with E-state index in [0.29, 0.717) is 11.6 Å². The van der Waals surface area contributed by atoms with E-state index in [1.165, 1.54) is 26.6 Å². The van der Waals surface area contributed by atoms with Crippen LogP contribution in [0.4, 0.5) is 0 Å². The minimum atomic E-state index is -2.54. The van der Waals surface area contributed by atoms with Crippen LogP contribution >= 0.6 is 0 Å². The molecule has 5 heteroatoms. The third kappa shape index (κ3) is 4.26. The van der Waals surface area contributed by atoms with Gasteiger partial charge in [-0.15, -0.1) is 0 Å². The maximum atomic E-state index is 5.91. The molecule has 1 aliphatic heterocycles. The van der Waals surface area contributed by atoms with Crippen molar-refractivity contribution >= 4 is 31.7 Å². The number of benzene rings is 3. The van der Waals surface area contributed by atoms with Gasteiger partial charge >= 0.3 is 223 Å². The largest absolute Gasteiger partial charge is 2.00 e. The summed E-state index contributed by atoms with van der Waals surface area (Å²) in [5, 5.41) is 0. The van der Waals surface area contributed by atoms with E-state index >= 15 is 0 Å². The van der Waals surface area contributed by atoms with Gasteiger partial charge in [0.2, 0.25) is 0 Å². The molecule has 0 spiro atoms. The van der Waals surface area contributed by atoms with Gasteiger partial charge < -0.3 is 0 Å². The molecule has 0 bridgehead atoms. The van der Waals surface area contributed by atoms with Gasteiger partial charge in [0, 0.05) is 0 Å². The van der Waals surface area contributed by atoms with Crippen molar-refractivity contribution in [2.45, 2.75) is 6.92 Å². The first-order valence-electron chi connectivity index (χ1n) is 10.8. The van der Waals surface area contributed by atoms with Crippen LogP contribution in [0.15, 0.2) is 97.3 Å². The van der Waals surface area contributed by atoms with Crippen LogP contribution in [0.1, 0.15) is 5.56 Å². The third-order valence-corrected chi connectivity index (χ3v) is 15.7. The van der Waals surface area contributed by atoms with Crippen molar-refractivity contribution in [2.75, 3.05) is 0 Å². The topological polar surface area (TPSA) is 35.0 Å². The monoisotopic (exact) mass is 815 g/mol. The van der Waals surface area contributed by atoms with Gasteiger partial charge in [0.1, 0.15) is 0 Å². The second-order valence-electron chi connectivity index (χ2n) is 7.83. The molecule has 0 aliphatic carbocycles. The Bertz CT molecular complexity index is 1470. The number of pyridine rings is 2. The molecule has 0 amide bonds. The minimum absolute atomic E-state index is 0. The van der Waals surface area contributed by atoms with Gasteiger partial charge in [-0.3, -0.25) is 0 Å². The molecule has 5 aromatic rings. The molecule has 2 aromatic heterocycles. The van der Waals surface area contributed by atoms with E-state index in [0.717, 1.165) is 11.1 Å². The van der Waals surface area contributed by atoms with E-state index in [4.69, 9.17) is 9.72 Å². The fraction of sp³-hybridized carbons (Fsp3) is 0.0345. The standard InChI is InChI=1S/C23H13NO.C6H6N.Bi.Pt/c1-2-7-18(8-3-1)19-12-14-20(15-13-19)21-9-6-10-22(17-21)25-23-11-4-5-16-24-23;1-6-3-2-4-7-5-6;;/h1-7,9-12,14,16H;2-4H,1H3;;/q-2;;;+2. The van der Waals surface area contributed by atoms with Gasteiger partial charge in [0.25, 0.3) is 0 Å². The van der Waals surface area contributed by atoms with Crippen molar-refractivity contribution in [1.82, 2.24) is 9.97 Å². The summed E-state index contributed by atoms with van der Waals surface area (Å²) in [6.45, 7) is 2.17. The minimum Gasteiger partial charge on any atom is 2.00 e. The Balaban J connectivity index is 0.00000241. The number of fused-ring (bicyclic) bond motifs is 3. The molecule has 6 rings (SSSR count). The van der Waals surface area contributed by atoms with E-state index in [1.54, 1.807) is 6.20 Å². The van der Waals surface area contributed by atoms with Gasteiger partial charge in [-0.2, -0.15) is 0 Å². The van der Waals surface area contributed by atoms with Gasteiger partial charge in [-0.05, 0) is 0 Å². The Hall–Kier alpha value is -2.67. The molecular formula is C29H19BiN2OPt. The molecule has 3 aromatic carbocycles. The van der Waals surface area contributed by atoms with Gasteiger partial charge in [-0.25, -0.2) is 0 Å². The van der Waals surface area contributed by atoms with Crippen LogP contribution in [-0.4, -0.2) is 31.7 Å². The molecule has 166 valence electrons. The van der Waals surface area contributed by atoms with Crippen LogP contribution in [0.3, 0.4) is 0 Å². The van der Waals surface area contributed by atoms with E-state index < -0.39 is 21.8 Å². The summed E-state index contributed by atoms with van der Waals surface area (Å²) in [6, 6.07) is 36.2. The normalized spacial score (nSPS) is 11.9. The second kappa shape index (κ2) is 9.90. The predicted molar refractivity (Wildman–Crippen MR) is 133 cm³/mol. The summed E-state index contributed by atoms with van der Waals surface area (Å²) in [5.41, 5.74) is 5.91. The summed E-state index contributed by atoms with van der Waals surface area (Å²) in [5.74, 6) is 1.20. The molecule has 0 fully saturated rings. The van der Waals surface area contributed by atoms with Crippen LogP contribution in [0.5, 0.6) is 11.6 Å². The second-order valence-corrected chi connectivity index (χ2v) is 15.7. The SMILES string of the molecule is Cc1cccn[c]1[Bi]1[c]2[c-]c(-c3[c-]c(Oc4ccccn4)ccc3)ccc2-c2cccc[c]21.[Pt+2]. The Morgan fingerprint density at radius 3 is 2.38 bits per heavy atom. The summed E-state index contributed by atoms with van der Waals surface area (Å²) in [4.78, 5) is 9.11. The molecule has 0 radical (unpaired) electrons. The zero-order valence-corrected chi connectivity index (χ0v) is 24.1. The number of aromatic nitrogens is 2. The number of aryl methyl sites for hydroxylation is 1. The average molecular weight is 816 g/mol. The van der Waals surface area contributed by atoms with E-state index in [-0.39, 0.29) is 21.1 Å². The molecule has 0 saturated heterocycles. The first kappa shape index (κ1) is 23.1. The molecule has 3 heterocycles. The van der Waals surface area contributed by atoms with Crippen molar-refractivity contribution in [3.8, 4) is 33.9 Å². The quantitative estimate of drug-likeness (QED) is 0.197. The van der Waals surface area contributed by atoms with Crippen molar-refractivity contribution in [3.05, 3.63) is 115 Å². The molecule has 34 heavy (non-hydrogen) atoms. The fourth-order valence-electron chi connectivity index (χ4n) is 4.17. The summed E-state index contributed by atoms with van der Waals surface area (Å²) < 4.78 is 10.0. The van der Waals surface area contributed by atoms with Crippen molar-refractivity contribution in [2.24, 2.45) is 0 Å². The average Bonchev–Trinajstić information content (AvgIpc) is 3.19. The predicted octanol–water partition coefficient (Wildman–Crippen LogP) is 4.34. The van der Waals surface area contributed by atoms with Crippen LogP contribution in [0.25, 0.3) is 22.3 Å². The number of nitrogens with zero attached hydrogens (tertiary/aromatic N) is 2. The fourth-order valence-corrected chi connectivity index (χ4v) is 14.4. The molecular weight excluding hydrogens is 796 g/mol. The van der Waals surface area contributed by atoms with Crippen LogP contribution < -0.4 is 14.7 Å². The van der Waals surface area contributed by atoms with Crippen LogP contribution in [-0.2, 0) is 21.1 Å². The maximum absolute atomic E-state index is 5.91. The Labute approximate surface area is 221 Å². The van der Waals surface area contributed by atoms with Gasteiger partial charge in [0.05, 0.1) is 0 Å². The summed E-state index contributed by atoms with van der Waals surface area (Å²) in [7, 11) is 0. The maximum Gasteiger partial charge on any atom is 2.00 e. The first-order chi connectivity index (χ1) is 16.3. The molecule has 3 nitrogen and oxygen atoms in total. The van der Waals surface area contributed by atoms with Crippen LogP contribution in [0.2, 0.25) is 0 Å². The van der Waals surface area contributed by atoms with Gasteiger partial charge in [-0.1, -0.05) is 0 Å². The Kier molecular flexibility index (Phi) is 6.73. The smallest absolute Gasteiger partial charge is 2.00 e. The zero-order valence-electron chi connectivity index (χ0n) is 18.3. The molecule has 1 aliphatic rings. The molecule has 0 N–H and O–H groups in total. The van der Waals surface area contributed by atoms with E-state index in [1.807, 2.05) is 42.6 Å². The Morgan fingerprint density at radius 1 is 0.706 bits per heavy atom. The number of hydrogen-bond acceptors (Lipinski definition) is 3. The van der Waals surface area contributed by atoms with Crippen LogP contribution in [0, 0.1) is 19.1 Å². The Morgan fingerprint density at radius 2 is 1.53 bits per heavy atom. The summed E-state index contributed by atoms with van der Waals surface area (Å²) in [6.07, 6.45) is 3.64. The van der Waals surface area contributed by atoms with E-state index in [9.17, 15) is 0 Å². The number of rotatable bonds is 4. The van der Waals surface area contributed by atoms with Gasteiger partial charge in [0.15, 0.2) is 0 Å². The van der Waals surface area contributed by atoms with Crippen molar-refractivity contribution < 1.29 is 25.8 Å². The summed E-state index contributed by atoms with van der Waals surface area (Å²) >= 11 is -2.54. The third-order valence-electron chi connectivity index (χ3n) is 5.69. The molecule has 0 saturated carbocycles. The number of ether oxygens (including phenoxy) is 1. The first-order valence-corrected chi connectivity index (χ1v) is 16.0. The molecule has 0 unspecified atom stereocenters. The van der Waals surface area contributed by atoms with Crippen molar-refractivity contribution in [1.29, 1.82) is 0 Å². The number of hydrogen-bond donors (Lipinski definition) is 0. The van der Waals surface area contributed by atoms with E-state index in [2.05, 4.69) is 72.6 Å². The molecule has 0 atom stereocenters.